The number of carbonyl (C=O) groups is 2. The molecule has 1 unspecified atom stereocenters. The van der Waals surface area contributed by atoms with Gasteiger partial charge in [-0.15, -0.1) is 0 Å². The molecule has 1 atom stereocenters. The number of rotatable bonds is 7. The summed E-state index contributed by atoms with van der Waals surface area (Å²) in [7, 11) is 0. The third kappa shape index (κ3) is 2.88. The molecule has 1 aromatic carbocycles. The van der Waals surface area contributed by atoms with E-state index in [4.69, 9.17) is 9.47 Å². The highest BCUT2D eigenvalue weighted by Crippen LogP contribution is 2.45. The number of para-hydroxylation sites is 1. The van der Waals surface area contributed by atoms with Gasteiger partial charge in [0.2, 0.25) is 0 Å². The van der Waals surface area contributed by atoms with Crippen LogP contribution in [-0.4, -0.2) is 39.5 Å². The van der Waals surface area contributed by atoms with Crippen molar-refractivity contribution < 1.29 is 19.1 Å². The van der Waals surface area contributed by atoms with Gasteiger partial charge in [0.1, 0.15) is 17.9 Å². The van der Waals surface area contributed by atoms with Crippen molar-refractivity contribution in [1.82, 2.24) is 14.5 Å². The van der Waals surface area contributed by atoms with E-state index in [1.54, 1.807) is 13.1 Å². The van der Waals surface area contributed by atoms with E-state index in [1.807, 2.05) is 35.8 Å². The molecule has 0 saturated heterocycles. The van der Waals surface area contributed by atoms with Gasteiger partial charge < -0.3 is 14.0 Å². The van der Waals surface area contributed by atoms with Gasteiger partial charge in [-0.2, -0.15) is 0 Å². The number of Topliss-reactive ketones (excluding diaryl/α,β-unsaturated/α-hetero) is 1. The molecule has 2 aromatic heterocycles. The molecule has 0 bridgehead atoms. The van der Waals surface area contributed by atoms with E-state index >= 15 is 0 Å². The van der Waals surface area contributed by atoms with E-state index in [0.717, 1.165) is 21.9 Å². The van der Waals surface area contributed by atoms with Gasteiger partial charge in [-0.3, -0.25) is 14.6 Å². The Morgan fingerprint density at radius 2 is 2.00 bits per heavy atom. The predicted octanol–water partition coefficient (Wildman–Crippen LogP) is 2.64. The number of ether oxygens (including phenoxy) is 2. The average molecular weight is 367 g/mol. The summed E-state index contributed by atoms with van der Waals surface area (Å²) >= 11 is 0. The van der Waals surface area contributed by atoms with Crippen LogP contribution < -0.4 is 0 Å². The smallest absolute Gasteiger partial charge is 0.321 e. The average Bonchev–Trinajstić information content (AvgIpc) is 3.20. The van der Waals surface area contributed by atoms with Gasteiger partial charge in [0.05, 0.1) is 23.8 Å². The van der Waals surface area contributed by atoms with Crippen LogP contribution in [0.15, 0.2) is 30.5 Å². The van der Waals surface area contributed by atoms with E-state index < -0.39 is 11.4 Å². The molecule has 3 aromatic rings. The second-order valence-corrected chi connectivity index (χ2v) is 6.66. The molecule has 7 heteroatoms. The SMILES string of the molecule is CCOCc1nc2cnc3ccccc3c2n1CC1(C(=O)OCC)CC1=O. The van der Waals surface area contributed by atoms with Crippen molar-refractivity contribution in [1.29, 1.82) is 0 Å². The zero-order valence-electron chi connectivity index (χ0n) is 15.4. The van der Waals surface area contributed by atoms with Gasteiger partial charge >= 0.3 is 5.97 Å². The van der Waals surface area contributed by atoms with Gasteiger partial charge in [0.15, 0.2) is 11.2 Å². The fourth-order valence-corrected chi connectivity index (χ4v) is 3.45. The first-order chi connectivity index (χ1) is 13.1. The van der Waals surface area contributed by atoms with Crippen LogP contribution in [0.5, 0.6) is 0 Å². The first kappa shape index (κ1) is 17.6. The molecule has 2 heterocycles. The minimum Gasteiger partial charge on any atom is -0.465 e. The molecule has 7 nitrogen and oxygen atoms in total. The van der Waals surface area contributed by atoms with Crippen molar-refractivity contribution >= 4 is 33.7 Å². The highest BCUT2D eigenvalue weighted by molar-refractivity contribution is 6.17. The Hall–Kier alpha value is -2.80. The molecule has 27 heavy (non-hydrogen) atoms. The highest BCUT2D eigenvalue weighted by atomic mass is 16.5. The van der Waals surface area contributed by atoms with Crippen molar-refractivity contribution in [2.75, 3.05) is 13.2 Å². The largest absolute Gasteiger partial charge is 0.465 e. The second-order valence-electron chi connectivity index (χ2n) is 6.66. The van der Waals surface area contributed by atoms with E-state index in [2.05, 4.69) is 9.97 Å². The number of pyridine rings is 1. The lowest BCUT2D eigenvalue weighted by atomic mass is 10.1. The molecule has 1 aliphatic rings. The summed E-state index contributed by atoms with van der Waals surface area (Å²) in [6, 6.07) is 7.76. The summed E-state index contributed by atoms with van der Waals surface area (Å²) in [5.74, 6) is 0.120. The Kier molecular flexibility index (Phi) is 4.39. The maximum Gasteiger partial charge on any atom is 0.321 e. The Bertz CT molecular complexity index is 1040. The number of hydrogen-bond donors (Lipinski definition) is 0. The Balaban J connectivity index is 1.87. The van der Waals surface area contributed by atoms with Gasteiger partial charge in [-0.25, -0.2) is 4.98 Å². The predicted molar refractivity (Wildman–Crippen MR) is 99.1 cm³/mol. The van der Waals surface area contributed by atoms with E-state index in [-0.39, 0.29) is 25.4 Å². The van der Waals surface area contributed by atoms with Gasteiger partial charge in [-0.05, 0) is 19.9 Å². The normalized spacial score (nSPS) is 19.0. The van der Waals surface area contributed by atoms with Gasteiger partial charge in [-0.1, -0.05) is 18.2 Å². The summed E-state index contributed by atoms with van der Waals surface area (Å²) in [6.45, 7) is 4.95. The maximum absolute atomic E-state index is 12.5. The fraction of sp³-hybridized carbons (Fsp3) is 0.400. The minimum absolute atomic E-state index is 0.0940. The number of aromatic nitrogens is 3. The lowest BCUT2D eigenvalue weighted by Gasteiger charge is -2.16. The zero-order chi connectivity index (χ0) is 19.0. The summed E-state index contributed by atoms with van der Waals surface area (Å²) < 4.78 is 12.7. The van der Waals surface area contributed by atoms with Gasteiger partial charge in [0.25, 0.3) is 0 Å². The highest BCUT2D eigenvalue weighted by Gasteiger charge is 2.62. The Morgan fingerprint density at radius 3 is 2.70 bits per heavy atom. The molecule has 0 aliphatic heterocycles. The first-order valence-corrected chi connectivity index (χ1v) is 9.12. The summed E-state index contributed by atoms with van der Waals surface area (Å²) in [5, 5.41) is 0.928. The standard InChI is InChI=1S/C20H21N3O4/c1-3-26-11-17-22-15-10-21-14-8-6-5-7-13(14)18(15)23(17)12-20(9-16(20)24)19(25)27-4-2/h5-8,10H,3-4,9,11-12H2,1-2H3. The lowest BCUT2D eigenvalue weighted by Crippen LogP contribution is -2.27. The van der Waals surface area contributed by atoms with Crippen molar-refractivity contribution in [2.24, 2.45) is 5.41 Å². The Morgan fingerprint density at radius 1 is 1.22 bits per heavy atom. The van der Waals surface area contributed by atoms with Crippen molar-refractivity contribution in [3.05, 3.63) is 36.3 Å². The number of nitrogens with zero attached hydrogens (tertiary/aromatic N) is 3. The fourth-order valence-electron chi connectivity index (χ4n) is 3.45. The summed E-state index contributed by atoms with van der Waals surface area (Å²) in [6.07, 6.45) is 1.91. The van der Waals surface area contributed by atoms with Crippen LogP contribution in [0.3, 0.4) is 0 Å². The van der Waals surface area contributed by atoms with E-state index in [9.17, 15) is 9.59 Å². The van der Waals surface area contributed by atoms with Crippen LogP contribution >= 0.6 is 0 Å². The van der Waals surface area contributed by atoms with Crippen molar-refractivity contribution in [3.8, 4) is 0 Å². The molecule has 4 rings (SSSR count). The maximum atomic E-state index is 12.5. The van der Waals surface area contributed by atoms with Crippen LogP contribution in [0, 0.1) is 5.41 Å². The molecule has 0 spiro atoms. The van der Waals surface area contributed by atoms with Crippen molar-refractivity contribution in [3.63, 3.8) is 0 Å². The summed E-state index contributed by atoms with van der Waals surface area (Å²) in [4.78, 5) is 33.8. The third-order valence-electron chi connectivity index (χ3n) is 4.96. The molecular formula is C20H21N3O4. The van der Waals surface area contributed by atoms with Crippen LogP contribution in [0.1, 0.15) is 26.1 Å². The lowest BCUT2D eigenvalue weighted by molar-refractivity contribution is -0.151. The van der Waals surface area contributed by atoms with E-state index in [1.165, 1.54) is 0 Å². The number of carbonyl (C=O) groups excluding carboxylic acids is 2. The topological polar surface area (TPSA) is 83.3 Å². The molecule has 1 saturated carbocycles. The van der Waals surface area contributed by atoms with Crippen LogP contribution in [-0.2, 0) is 32.2 Å². The number of imidazole rings is 1. The zero-order valence-corrected chi connectivity index (χ0v) is 15.4. The van der Waals surface area contributed by atoms with Crippen LogP contribution in [0.25, 0.3) is 21.9 Å². The molecule has 0 radical (unpaired) electrons. The minimum atomic E-state index is -1.12. The number of esters is 1. The third-order valence-corrected chi connectivity index (χ3v) is 4.96. The summed E-state index contributed by atoms with van der Waals surface area (Å²) in [5.41, 5.74) is 1.30. The number of fused-ring (bicyclic) bond motifs is 3. The van der Waals surface area contributed by atoms with Crippen molar-refractivity contribution in [2.45, 2.75) is 33.4 Å². The molecule has 1 aliphatic carbocycles. The molecule has 140 valence electrons. The van der Waals surface area contributed by atoms with Crippen LogP contribution in [0.2, 0.25) is 0 Å². The van der Waals surface area contributed by atoms with Crippen LogP contribution in [0.4, 0.5) is 0 Å². The second kappa shape index (κ2) is 6.74. The molecular weight excluding hydrogens is 346 g/mol. The number of benzene rings is 1. The van der Waals surface area contributed by atoms with Gasteiger partial charge in [0, 0.05) is 25.0 Å². The molecule has 1 fully saturated rings. The van der Waals surface area contributed by atoms with E-state index in [0.29, 0.717) is 19.0 Å². The first-order valence-electron chi connectivity index (χ1n) is 9.12. The quantitative estimate of drug-likeness (QED) is 0.472. The Labute approximate surface area is 156 Å². The number of hydrogen-bond acceptors (Lipinski definition) is 6. The molecule has 0 amide bonds. The number of ketones is 1. The monoisotopic (exact) mass is 367 g/mol. The molecule has 0 N–H and O–H groups in total.